The van der Waals surface area contributed by atoms with Gasteiger partial charge in [-0.1, -0.05) is 11.8 Å². The van der Waals surface area contributed by atoms with E-state index in [9.17, 15) is 9.59 Å². The molecule has 2 saturated heterocycles. The van der Waals surface area contributed by atoms with Crippen LogP contribution >= 0.6 is 11.3 Å². The van der Waals surface area contributed by atoms with Gasteiger partial charge < -0.3 is 20.9 Å². The van der Waals surface area contributed by atoms with Gasteiger partial charge in [-0.3, -0.25) is 4.79 Å². The topological polar surface area (TPSA) is 78.7 Å². The molecule has 6 nitrogen and oxygen atoms in total. The predicted molar refractivity (Wildman–Crippen MR) is 80.0 cm³/mol. The first-order valence-corrected chi connectivity index (χ1v) is 7.63. The molecule has 0 bridgehead atoms. The molecule has 3 rings (SSSR count). The van der Waals surface area contributed by atoms with Gasteiger partial charge in [0, 0.05) is 26.2 Å². The summed E-state index contributed by atoms with van der Waals surface area (Å²) in [5.74, 6) is 5.73. The van der Waals surface area contributed by atoms with E-state index in [4.69, 9.17) is 5.73 Å². The maximum absolute atomic E-state index is 12.5. The van der Waals surface area contributed by atoms with Crippen molar-refractivity contribution in [1.29, 1.82) is 0 Å². The van der Waals surface area contributed by atoms with Crippen LogP contribution in [0.5, 0.6) is 0 Å². The van der Waals surface area contributed by atoms with E-state index in [0.29, 0.717) is 37.6 Å². The molecule has 2 aliphatic heterocycles. The molecule has 110 valence electrons. The number of carbonyl (C=O) groups excluding carboxylic acids is 2. The van der Waals surface area contributed by atoms with Crippen LogP contribution < -0.4 is 11.1 Å². The molecule has 1 aromatic heterocycles. The summed E-state index contributed by atoms with van der Waals surface area (Å²) in [7, 11) is 0. The van der Waals surface area contributed by atoms with Gasteiger partial charge in [-0.2, -0.15) is 0 Å². The number of piperazine rings is 1. The smallest absolute Gasteiger partial charge is 0.317 e. The van der Waals surface area contributed by atoms with Crippen molar-refractivity contribution in [2.24, 2.45) is 5.73 Å². The molecular weight excluding hydrogens is 288 g/mol. The molecule has 1 aromatic rings. The number of thiophene rings is 1. The highest BCUT2D eigenvalue weighted by atomic mass is 32.1. The Kier molecular flexibility index (Phi) is 3.82. The van der Waals surface area contributed by atoms with Crippen LogP contribution in [-0.2, 0) is 0 Å². The van der Waals surface area contributed by atoms with Gasteiger partial charge >= 0.3 is 6.03 Å². The van der Waals surface area contributed by atoms with Gasteiger partial charge in [-0.05, 0) is 12.1 Å². The Bertz CT molecular complexity index is 630. The molecule has 0 saturated carbocycles. The van der Waals surface area contributed by atoms with E-state index in [1.165, 1.54) is 11.3 Å². The van der Waals surface area contributed by atoms with E-state index in [2.05, 4.69) is 17.2 Å². The summed E-state index contributed by atoms with van der Waals surface area (Å²) in [4.78, 5) is 29.2. The zero-order valence-corrected chi connectivity index (χ0v) is 12.3. The predicted octanol–water partition coefficient (Wildman–Crippen LogP) is -0.0921. The molecule has 0 spiro atoms. The molecule has 0 aliphatic carbocycles. The summed E-state index contributed by atoms with van der Waals surface area (Å²) in [6.07, 6.45) is 0. The third-order valence-electron chi connectivity index (χ3n) is 3.65. The number of nitrogens with one attached hydrogen (secondary N) is 1. The number of fused-ring (bicyclic) bond motifs is 1. The Hall–Kier alpha value is -2.04. The molecule has 1 atom stereocenters. The van der Waals surface area contributed by atoms with Crippen molar-refractivity contribution in [1.82, 2.24) is 15.1 Å². The fourth-order valence-corrected chi connectivity index (χ4v) is 3.45. The van der Waals surface area contributed by atoms with Crippen molar-refractivity contribution in [3.63, 3.8) is 0 Å². The molecule has 2 aliphatic rings. The summed E-state index contributed by atoms with van der Waals surface area (Å²) < 4.78 is 0. The van der Waals surface area contributed by atoms with Crippen LogP contribution in [-0.4, -0.2) is 60.5 Å². The van der Waals surface area contributed by atoms with Gasteiger partial charge in [0.15, 0.2) is 0 Å². The van der Waals surface area contributed by atoms with E-state index in [1.54, 1.807) is 11.0 Å². The van der Waals surface area contributed by atoms with Crippen molar-refractivity contribution >= 4 is 23.3 Å². The number of amides is 3. The standard InChI is InChI=1S/C14H16N4O2S/c15-5-1-2-11-3-4-12(21-11)13(19)17-6-7-18-10(9-17)8-16-14(18)20/h3-4,10H,5-9,15H2,(H,16,20). The van der Waals surface area contributed by atoms with Gasteiger partial charge in [-0.25, -0.2) is 4.79 Å². The lowest BCUT2D eigenvalue weighted by molar-refractivity contribution is 0.0621. The largest absolute Gasteiger partial charge is 0.336 e. The van der Waals surface area contributed by atoms with E-state index >= 15 is 0 Å². The molecule has 0 aromatic carbocycles. The minimum absolute atomic E-state index is 0.0137. The average molecular weight is 304 g/mol. The summed E-state index contributed by atoms with van der Waals surface area (Å²) in [5.41, 5.74) is 5.34. The van der Waals surface area contributed by atoms with Gasteiger partial charge in [0.05, 0.1) is 22.3 Å². The quantitative estimate of drug-likeness (QED) is 0.712. The van der Waals surface area contributed by atoms with Crippen LogP contribution in [0.3, 0.4) is 0 Å². The number of hydrogen-bond donors (Lipinski definition) is 2. The van der Waals surface area contributed by atoms with Crippen LogP contribution in [0.25, 0.3) is 0 Å². The van der Waals surface area contributed by atoms with E-state index in [1.807, 2.05) is 11.0 Å². The van der Waals surface area contributed by atoms with Gasteiger partial charge in [-0.15, -0.1) is 11.3 Å². The molecule has 1 unspecified atom stereocenters. The molecule has 3 heterocycles. The highest BCUT2D eigenvalue weighted by Crippen LogP contribution is 2.21. The van der Waals surface area contributed by atoms with Gasteiger partial charge in [0.25, 0.3) is 5.91 Å². The molecule has 0 radical (unpaired) electrons. The highest BCUT2D eigenvalue weighted by Gasteiger charge is 2.37. The lowest BCUT2D eigenvalue weighted by Gasteiger charge is -2.36. The maximum atomic E-state index is 12.5. The average Bonchev–Trinajstić information content (AvgIpc) is 3.11. The van der Waals surface area contributed by atoms with Crippen LogP contribution in [0.2, 0.25) is 0 Å². The van der Waals surface area contributed by atoms with Crippen molar-refractivity contribution in [2.45, 2.75) is 6.04 Å². The summed E-state index contributed by atoms with van der Waals surface area (Å²) in [5, 5.41) is 2.81. The lowest BCUT2D eigenvalue weighted by Crippen LogP contribution is -2.53. The van der Waals surface area contributed by atoms with Crippen molar-refractivity contribution < 1.29 is 9.59 Å². The second kappa shape index (κ2) is 5.76. The first kappa shape index (κ1) is 13.9. The monoisotopic (exact) mass is 304 g/mol. The highest BCUT2D eigenvalue weighted by molar-refractivity contribution is 7.14. The van der Waals surface area contributed by atoms with Crippen LogP contribution in [0.1, 0.15) is 14.5 Å². The number of rotatable bonds is 1. The van der Waals surface area contributed by atoms with E-state index < -0.39 is 0 Å². The Balaban J connectivity index is 1.68. The zero-order chi connectivity index (χ0) is 14.8. The zero-order valence-electron chi connectivity index (χ0n) is 11.5. The summed E-state index contributed by atoms with van der Waals surface area (Å²) in [6.45, 7) is 2.67. The maximum Gasteiger partial charge on any atom is 0.317 e. The molecule has 2 fully saturated rings. The second-order valence-electron chi connectivity index (χ2n) is 4.95. The van der Waals surface area contributed by atoms with Gasteiger partial charge in [0.1, 0.15) is 0 Å². The van der Waals surface area contributed by atoms with Crippen LogP contribution in [0.15, 0.2) is 12.1 Å². The summed E-state index contributed by atoms with van der Waals surface area (Å²) >= 11 is 1.38. The van der Waals surface area contributed by atoms with Crippen molar-refractivity contribution in [3.05, 3.63) is 21.9 Å². The number of hydrogen-bond acceptors (Lipinski definition) is 4. The number of urea groups is 1. The third kappa shape index (κ3) is 2.73. The number of nitrogens with zero attached hydrogens (tertiary/aromatic N) is 2. The Morgan fingerprint density at radius 2 is 2.33 bits per heavy atom. The molecule has 3 amide bonds. The van der Waals surface area contributed by atoms with Crippen molar-refractivity contribution in [3.8, 4) is 11.8 Å². The Morgan fingerprint density at radius 3 is 3.14 bits per heavy atom. The van der Waals surface area contributed by atoms with E-state index in [0.717, 1.165) is 4.88 Å². The molecule has 21 heavy (non-hydrogen) atoms. The summed E-state index contributed by atoms with van der Waals surface area (Å²) in [6, 6.07) is 3.71. The first-order valence-electron chi connectivity index (χ1n) is 6.81. The second-order valence-corrected chi connectivity index (χ2v) is 6.04. The van der Waals surface area contributed by atoms with Gasteiger partial charge in [0.2, 0.25) is 0 Å². The fraction of sp³-hybridized carbons (Fsp3) is 0.429. The van der Waals surface area contributed by atoms with Crippen LogP contribution in [0.4, 0.5) is 4.79 Å². The fourth-order valence-electron chi connectivity index (χ4n) is 2.60. The minimum Gasteiger partial charge on any atom is -0.336 e. The molecule has 7 heteroatoms. The minimum atomic E-state index is -0.0254. The third-order valence-corrected chi connectivity index (χ3v) is 4.64. The first-order chi connectivity index (χ1) is 10.2. The Labute approximate surface area is 126 Å². The Morgan fingerprint density at radius 1 is 1.48 bits per heavy atom. The molecular formula is C14H16N4O2S. The number of nitrogens with two attached hydrogens (primary N) is 1. The van der Waals surface area contributed by atoms with Crippen LogP contribution in [0, 0.1) is 11.8 Å². The SMILES string of the molecule is NCC#Cc1ccc(C(=O)N2CCN3C(=O)NCC3C2)s1. The van der Waals surface area contributed by atoms with E-state index in [-0.39, 0.29) is 18.0 Å². The van der Waals surface area contributed by atoms with Crippen molar-refractivity contribution in [2.75, 3.05) is 32.7 Å². The lowest BCUT2D eigenvalue weighted by atomic mass is 10.2. The normalized spacial score (nSPS) is 20.6. The molecule has 3 N–H and O–H groups in total. The number of carbonyl (C=O) groups is 2.